The first-order valence-electron chi connectivity index (χ1n) is 20.7. The number of carbonyl (C=O) groups is 3. The zero-order valence-corrected chi connectivity index (χ0v) is 33.5. The highest BCUT2D eigenvalue weighted by Crippen LogP contribution is 2.66. The molecule has 2 saturated carbocycles. The summed E-state index contributed by atoms with van der Waals surface area (Å²) in [6, 6.07) is 7.18. The molecule has 4 heterocycles. The van der Waals surface area contributed by atoms with Gasteiger partial charge in [-0.05, 0) is 74.6 Å². The number of phenolic OH excluding ortho intramolecular Hbond substituents is 2. The maximum absolute atomic E-state index is 12.7. The van der Waals surface area contributed by atoms with Crippen molar-refractivity contribution in [3.05, 3.63) is 71.8 Å². The number of hydrogen-bond donors (Lipinski definition) is 8. The average molecular weight is 843 g/mol. The van der Waals surface area contributed by atoms with Gasteiger partial charge in [-0.1, -0.05) is 24.3 Å². The Labute approximate surface area is 350 Å². The van der Waals surface area contributed by atoms with Gasteiger partial charge in [0.25, 0.3) is 0 Å². The van der Waals surface area contributed by atoms with Crippen molar-refractivity contribution < 1.29 is 64.7 Å². The van der Waals surface area contributed by atoms with Crippen molar-refractivity contribution in [1.29, 1.82) is 0 Å². The zero-order chi connectivity index (χ0) is 43.4. The predicted molar refractivity (Wildman–Crippen MR) is 216 cm³/mol. The lowest BCUT2D eigenvalue weighted by Gasteiger charge is -2.63. The van der Waals surface area contributed by atoms with E-state index < -0.39 is 70.6 Å². The van der Waals surface area contributed by atoms with Crippen molar-refractivity contribution in [2.24, 2.45) is 10.2 Å². The maximum atomic E-state index is 12.7. The van der Waals surface area contributed by atoms with Gasteiger partial charge in [0.05, 0.1) is 46.3 Å². The monoisotopic (exact) mass is 842 g/mol. The molecule has 4 bridgehead atoms. The molecule has 0 radical (unpaired) electrons. The number of nitrogens with zero attached hydrogens (tertiary/aromatic N) is 4. The Bertz CT molecular complexity index is 2180. The minimum absolute atomic E-state index is 0.0885. The first kappa shape index (κ1) is 41.0. The SMILES string of the molecule is C=CCN1CCC23c4c5ccc(O)c4OC2/C(=N/N=C2\CCC4(O)C6Cc7ccc(O)c8c7C4(CCN6CC=C)C2O8)CCC3(O)C1C5.O=C(O)CC(O)(CC(=O)O)C(=O)O. The third-order valence-electron chi connectivity index (χ3n) is 15.1. The number of aromatic hydroxyl groups is 2. The van der Waals surface area contributed by atoms with Crippen LogP contribution in [0.5, 0.6) is 23.0 Å². The van der Waals surface area contributed by atoms with Gasteiger partial charge in [-0.3, -0.25) is 19.4 Å². The molecule has 2 saturated heterocycles. The summed E-state index contributed by atoms with van der Waals surface area (Å²) < 4.78 is 13.3. The van der Waals surface area contributed by atoms with E-state index in [1.807, 2.05) is 24.3 Å². The largest absolute Gasteiger partial charge is 0.504 e. The molecule has 4 aliphatic heterocycles. The molecule has 8 aliphatic rings. The van der Waals surface area contributed by atoms with Crippen LogP contribution < -0.4 is 9.47 Å². The van der Waals surface area contributed by atoms with Gasteiger partial charge < -0.3 is 50.3 Å². The van der Waals surface area contributed by atoms with Gasteiger partial charge in [0, 0.05) is 49.4 Å². The summed E-state index contributed by atoms with van der Waals surface area (Å²) in [4.78, 5) is 35.2. The Morgan fingerprint density at radius 2 is 1.13 bits per heavy atom. The molecule has 10 rings (SSSR count). The van der Waals surface area contributed by atoms with Crippen molar-refractivity contribution in [3.63, 3.8) is 0 Å². The number of carboxylic acids is 3. The minimum atomic E-state index is -2.74. The van der Waals surface area contributed by atoms with Crippen molar-refractivity contribution in [2.75, 3.05) is 26.2 Å². The van der Waals surface area contributed by atoms with Crippen LogP contribution in [0.4, 0.5) is 0 Å². The van der Waals surface area contributed by atoms with Gasteiger partial charge in [0.2, 0.25) is 0 Å². The Hall–Kier alpha value is -5.33. The third-order valence-corrected chi connectivity index (χ3v) is 15.1. The Balaban J connectivity index is 0.000000320. The fourth-order valence-corrected chi connectivity index (χ4v) is 12.7. The van der Waals surface area contributed by atoms with Crippen LogP contribution in [0.15, 0.2) is 59.8 Å². The number of carboxylic acid groups (broad SMARTS) is 3. The number of aliphatic hydroxyl groups is 3. The summed E-state index contributed by atoms with van der Waals surface area (Å²) in [5.41, 5.74) is -0.745. The normalized spacial score (nSPS) is 34.9. The van der Waals surface area contributed by atoms with Crippen LogP contribution in [-0.2, 0) is 38.1 Å². The maximum Gasteiger partial charge on any atom is 0.336 e. The lowest BCUT2D eigenvalue weighted by atomic mass is 9.48. The third kappa shape index (κ3) is 5.53. The van der Waals surface area contributed by atoms with Gasteiger partial charge in [0.1, 0.15) is 0 Å². The predicted octanol–water partition coefficient (Wildman–Crippen LogP) is 2.03. The lowest BCUT2D eigenvalue weighted by Crippen LogP contribution is -2.76. The van der Waals surface area contributed by atoms with Gasteiger partial charge in [-0.15, -0.1) is 13.2 Å². The molecule has 4 fully saturated rings. The molecular weight excluding hydrogens is 792 g/mol. The summed E-state index contributed by atoms with van der Waals surface area (Å²) in [7, 11) is 0. The Morgan fingerprint density at radius 1 is 0.721 bits per heavy atom. The first-order valence-corrected chi connectivity index (χ1v) is 20.7. The first-order chi connectivity index (χ1) is 29.0. The van der Waals surface area contributed by atoms with Crippen LogP contribution in [0.2, 0.25) is 0 Å². The van der Waals surface area contributed by atoms with Gasteiger partial charge in [-0.2, -0.15) is 10.2 Å². The molecular formula is C44H50N4O13. The van der Waals surface area contributed by atoms with Crippen molar-refractivity contribution in [2.45, 2.75) is 116 Å². The average Bonchev–Trinajstić information content (AvgIpc) is 3.74. The molecule has 17 nitrogen and oxygen atoms in total. The number of likely N-dealkylation sites (tertiary alicyclic amines) is 2. The highest BCUT2D eigenvalue weighted by molar-refractivity contribution is 5.98. The molecule has 2 aromatic rings. The number of phenols is 2. The Morgan fingerprint density at radius 3 is 1.49 bits per heavy atom. The number of ether oxygens (including phenoxy) is 2. The van der Waals surface area contributed by atoms with Crippen LogP contribution in [0.1, 0.15) is 73.6 Å². The van der Waals surface area contributed by atoms with Crippen molar-refractivity contribution in [3.8, 4) is 23.0 Å². The van der Waals surface area contributed by atoms with E-state index in [1.54, 1.807) is 12.1 Å². The van der Waals surface area contributed by atoms with Crippen LogP contribution in [-0.4, -0.2) is 147 Å². The van der Waals surface area contributed by atoms with E-state index in [4.69, 9.17) is 40.1 Å². The van der Waals surface area contributed by atoms with Crippen LogP contribution in [0.3, 0.4) is 0 Å². The molecule has 0 amide bonds. The van der Waals surface area contributed by atoms with Crippen LogP contribution >= 0.6 is 0 Å². The fraction of sp³-hybridized carbons (Fsp3) is 0.523. The van der Waals surface area contributed by atoms with Crippen LogP contribution in [0, 0.1) is 0 Å². The van der Waals surface area contributed by atoms with Crippen molar-refractivity contribution in [1.82, 2.24) is 9.80 Å². The Kier molecular flexibility index (Phi) is 9.49. The molecule has 8 N–H and O–H groups in total. The molecule has 324 valence electrons. The fourth-order valence-electron chi connectivity index (χ4n) is 12.7. The van der Waals surface area contributed by atoms with E-state index in [0.717, 1.165) is 46.8 Å². The zero-order valence-electron chi connectivity index (χ0n) is 33.5. The number of piperidine rings is 2. The lowest BCUT2D eigenvalue weighted by molar-refractivity contribution is -0.170. The van der Waals surface area contributed by atoms with E-state index in [1.165, 1.54) is 0 Å². The minimum Gasteiger partial charge on any atom is -0.504 e. The summed E-state index contributed by atoms with van der Waals surface area (Å²) >= 11 is 0. The second-order valence-electron chi connectivity index (χ2n) is 17.9. The molecule has 4 aliphatic carbocycles. The summed E-state index contributed by atoms with van der Waals surface area (Å²) in [6.07, 6.45) is 5.13. The molecule has 2 spiro atoms. The van der Waals surface area contributed by atoms with E-state index >= 15 is 0 Å². The molecule has 8 atom stereocenters. The van der Waals surface area contributed by atoms with Gasteiger partial charge >= 0.3 is 17.9 Å². The van der Waals surface area contributed by atoms with Gasteiger partial charge in [0.15, 0.2) is 40.8 Å². The summed E-state index contributed by atoms with van der Waals surface area (Å²) in [6.45, 7) is 10.9. The molecule has 0 aromatic heterocycles. The smallest absolute Gasteiger partial charge is 0.336 e. The van der Waals surface area contributed by atoms with Crippen LogP contribution in [0.25, 0.3) is 0 Å². The number of hydrogen-bond acceptors (Lipinski definition) is 14. The summed E-state index contributed by atoms with van der Waals surface area (Å²) in [5.74, 6) is -3.91. The van der Waals surface area contributed by atoms with Crippen molar-refractivity contribution >= 4 is 29.3 Å². The van der Waals surface area contributed by atoms with E-state index in [0.29, 0.717) is 76.0 Å². The van der Waals surface area contributed by atoms with E-state index in [9.17, 15) is 34.8 Å². The summed E-state index contributed by atoms with van der Waals surface area (Å²) in [5, 5.41) is 91.2. The number of aliphatic carboxylic acids is 3. The molecule has 17 heteroatoms. The van der Waals surface area contributed by atoms with Gasteiger partial charge in [-0.25, -0.2) is 4.79 Å². The number of benzene rings is 2. The standard InChI is InChI=1S/C38H42N4O6.C6H8O7/c1-3-15-41-17-13-35-29-21-5-7-25(43)31(29)47-33(35)23(9-11-37(35,45)27(41)19-21)39-40-24-10-12-38(46)28-20-22-6-8-26(44)32-30(22)36(38,34(24)48-32)14-18-42(28)16-4-2;7-3(8)1-6(13,5(11)12)2-4(9)10/h3-8,27-28,33-34,43-46H,1-2,9-20H2;13H,1-2H2,(H,7,8)(H,9,10)(H,11,12)/b39-23+,40-24+;. The van der Waals surface area contributed by atoms with E-state index in [-0.39, 0.29) is 23.6 Å². The highest BCUT2D eigenvalue weighted by atomic mass is 16.5. The quantitative estimate of drug-likeness (QED) is 0.126. The molecule has 2 aromatic carbocycles. The van der Waals surface area contributed by atoms with E-state index in [2.05, 4.69) is 23.0 Å². The second kappa shape index (κ2) is 14.1. The molecule has 8 unspecified atom stereocenters. The second-order valence-corrected chi connectivity index (χ2v) is 17.9. The topological polar surface area (TPSA) is 263 Å². The highest BCUT2D eigenvalue weighted by Gasteiger charge is 2.74. The molecule has 61 heavy (non-hydrogen) atoms. The number of rotatable bonds is 10.